The highest BCUT2D eigenvalue weighted by molar-refractivity contribution is 5.88. The van der Waals surface area contributed by atoms with Gasteiger partial charge in [0.1, 0.15) is 5.69 Å². The van der Waals surface area contributed by atoms with E-state index in [1.165, 1.54) is 0 Å². The Kier molecular flexibility index (Phi) is 2.82. The maximum absolute atomic E-state index is 10.9. The van der Waals surface area contributed by atoms with E-state index in [1.807, 2.05) is 0 Å². The summed E-state index contributed by atoms with van der Waals surface area (Å²) in [6.07, 6.45) is 1.71. The molecule has 0 fully saturated rings. The Morgan fingerprint density at radius 2 is 2.41 bits per heavy atom. The largest absolute Gasteiger partial charge is 0.476 e. The van der Waals surface area contributed by atoms with Gasteiger partial charge in [-0.15, -0.1) is 0 Å². The molecule has 0 radical (unpaired) electrons. The second-order valence-corrected chi connectivity index (χ2v) is 3.27. The zero-order valence-corrected chi connectivity index (χ0v) is 9.38. The summed E-state index contributed by atoms with van der Waals surface area (Å²) in [5.41, 5.74) is 0.216. The van der Waals surface area contributed by atoms with E-state index in [9.17, 15) is 4.79 Å². The monoisotopic (exact) mass is 237 g/mol. The lowest BCUT2D eigenvalue weighted by Crippen LogP contribution is -2.01. The highest BCUT2D eigenvalue weighted by atomic mass is 16.6. The molecule has 17 heavy (non-hydrogen) atoms. The van der Waals surface area contributed by atoms with E-state index < -0.39 is 5.97 Å². The number of carboxylic acid groups (broad SMARTS) is 1. The molecule has 0 unspecified atom stereocenters. The Balaban J connectivity index is 2.43. The zero-order chi connectivity index (χ0) is 12.4. The fourth-order valence-corrected chi connectivity index (χ4v) is 1.31. The molecule has 2 aromatic rings. The van der Waals surface area contributed by atoms with Crippen molar-refractivity contribution in [3.63, 3.8) is 0 Å². The topological polar surface area (TPSA) is 90.4 Å². The summed E-state index contributed by atoms with van der Waals surface area (Å²) in [5.74, 6) is -1.16. The lowest BCUT2D eigenvalue weighted by molar-refractivity contribution is 0.0683. The Labute approximate surface area is 96.6 Å². The van der Waals surface area contributed by atoms with Crippen LogP contribution in [0.25, 0.3) is 11.6 Å². The maximum atomic E-state index is 10.9. The van der Waals surface area contributed by atoms with Crippen molar-refractivity contribution in [1.82, 2.24) is 14.8 Å². The predicted molar refractivity (Wildman–Crippen MR) is 56.8 cm³/mol. The highest BCUT2D eigenvalue weighted by Gasteiger charge is 2.22. The summed E-state index contributed by atoms with van der Waals surface area (Å²) in [4.78, 5) is 14.8. The molecular formula is C10H11N3O4. The van der Waals surface area contributed by atoms with Crippen LogP contribution in [0.3, 0.4) is 0 Å². The SMILES string of the molecule is CCOc1oc(-c2ccn(C)n2)nc1C(=O)O. The molecule has 0 spiro atoms. The minimum absolute atomic E-state index is 0.0966. The average Bonchev–Trinajstić information content (AvgIpc) is 2.85. The van der Waals surface area contributed by atoms with Gasteiger partial charge in [0.25, 0.3) is 5.89 Å². The van der Waals surface area contributed by atoms with Crippen LogP contribution in [0.4, 0.5) is 0 Å². The number of aromatic carboxylic acids is 1. The molecular weight excluding hydrogens is 226 g/mol. The fourth-order valence-electron chi connectivity index (χ4n) is 1.31. The van der Waals surface area contributed by atoms with E-state index >= 15 is 0 Å². The third-order valence-electron chi connectivity index (χ3n) is 2.01. The van der Waals surface area contributed by atoms with Crippen molar-refractivity contribution in [1.29, 1.82) is 0 Å². The Hall–Kier alpha value is -2.31. The normalized spacial score (nSPS) is 10.5. The Bertz CT molecular complexity index is 543. The predicted octanol–water partition coefficient (Wildman–Crippen LogP) is 1.17. The Morgan fingerprint density at radius 1 is 1.65 bits per heavy atom. The van der Waals surface area contributed by atoms with Crippen LogP contribution in [0.5, 0.6) is 5.95 Å². The molecule has 0 saturated carbocycles. The molecule has 0 atom stereocenters. The van der Waals surface area contributed by atoms with E-state index in [-0.39, 0.29) is 17.5 Å². The summed E-state index contributed by atoms with van der Waals surface area (Å²) >= 11 is 0. The molecule has 90 valence electrons. The molecule has 7 heteroatoms. The molecule has 2 aromatic heterocycles. The second kappa shape index (κ2) is 4.28. The van der Waals surface area contributed by atoms with Crippen LogP contribution in [0, 0.1) is 0 Å². The number of carboxylic acids is 1. The fraction of sp³-hybridized carbons (Fsp3) is 0.300. The summed E-state index contributed by atoms with van der Waals surface area (Å²) < 4.78 is 11.9. The maximum Gasteiger partial charge on any atom is 0.362 e. The van der Waals surface area contributed by atoms with Gasteiger partial charge in [0, 0.05) is 13.2 Å². The van der Waals surface area contributed by atoms with E-state index in [0.29, 0.717) is 12.3 Å². The molecule has 7 nitrogen and oxygen atoms in total. The minimum atomic E-state index is -1.20. The van der Waals surface area contributed by atoms with Gasteiger partial charge in [-0.25, -0.2) is 4.79 Å². The zero-order valence-electron chi connectivity index (χ0n) is 9.38. The third-order valence-corrected chi connectivity index (χ3v) is 2.01. The van der Waals surface area contributed by atoms with Crippen molar-refractivity contribution in [3.8, 4) is 17.5 Å². The number of aryl methyl sites for hydroxylation is 1. The van der Waals surface area contributed by atoms with Crippen LogP contribution in [-0.4, -0.2) is 32.4 Å². The average molecular weight is 237 g/mol. The van der Waals surface area contributed by atoms with Gasteiger partial charge in [0.2, 0.25) is 5.69 Å². The summed E-state index contributed by atoms with van der Waals surface area (Å²) in [6, 6.07) is 1.67. The molecule has 2 rings (SSSR count). The first-order valence-electron chi connectivity index (χ1n) is 4.98. The minimum Gasteiger partial charge on any atom is -0.476 e. The summed E-state index contributed by atoms with van der Waals surface area (Å²) in [5, 5.41) is 13.0. The molecule has 1 N–H and O–H groups in total. The molecule has 0 aromatic carbocycles. The van der Waals surface area contributed by atoms with Crippen molar-refractivity contribution < 1.29 is 19.1 Å². The van der Waals surface area contributed by atoms with Gasteiger partial charge in [-0.05, 0) is 13.0 Å². The lowest BCUT2D eigenvalue weighted by Gasteiger charge is -1.96. The van der Waals surface area contributed by atoms with Crippen LogP contribution in [0.1, 0.15) is 17.4 Å². The van der Waals surface area contributed by atoms with Crippen molar-refractivity contribution in [2.45, 2.75) is 6.92 Å². The van der Waals surface area contributed by atoms with Crippen molar-refractivity contribution in [2.24, 2.45) is 7.05 Å². The summed E-state index contributed by atoms with van der Waals surface area (Å²) in [6.45, 7) is 2.03. The number of hydrogen-bond acceptors (Lipinski definition) is 5. The van der Waals surface area contributed by atoms with Gasteiger partial charge in [0.15, 0.2) is 0 Å². The second-order valence-electron chi connectivity index (χ2n) is 3.27. The van der Waals surface area contributed by atoms with E-state index in [4.69, 9.17) is 14.3 Å². The number of carbonyl (C=O) groups is 1. The van der Waals surface area contributed by atoms with Crippen LogP contribution in [-0.2, 0) is 7.05 Å². The molecule has 0 aliphatic rings. The smallest absolute Gasteiger partial charge is 0.362 e. The van der Waals surface area contributed by atoms with Crippen molar-refractivity contribution in [2.75, 3.05) is 6.61 Å². The Morgan fingerprint density at radius 3 is 2.94 bits per heavy atom. The molecule has 0 bridgehead atoms. The number of rotatable bonds is 4. The number of nitrogens with zero attached hydrogens (tertiary/aromatic N) is 3. The first-order chi connectivity index (χ1) is 8.11. The molecule has 0 aliphatic heterocycles. The van der Waals surface area contributed by atoms with Gasteiger partial charge >= 0.3 is 11.9 Å². The van der Waals surface area contributed by atoms with E-state index in [2.05, 4.69) is 10.1 Å². The number of ether oxygens (including phenoxy) is 1. The quantitative estimate of drug-likeness (QED) is 0.858. The van der Waals surface area contributed by atoms with Gasteiger partial charge in [-0.1, -0.05) is 0 Å². The number of hydrogen-bond donors (Lipinski definition) is 1. The molecule has 0 saturated heterocycles. The molecule has 0 amide bonds. The van der Waals surface area contributed by atoms with Crippen LogP contribution >= 0.6 is 0 Å². The molecule has 0 aliphatic carbocycles. The van der Waals surface area contributed by atoms with E-state index in [0.717, 1.165) is 0 Å². The first kappa shape index (κ1) is 11.2. The van der Waals surface area contributed by atoms with Crippen molar-refractivity contribution in [3.05, 3.63) is 18.0 Å². The standard InChI is InChI=1S/C10H11N3O4/c1-3-16-10-7(9(14)15)11-8(17-10)6-4-5-13(2)12-6/h4-5H,3H2,1-2H3,(H,14,15). The van der Waals surface area contributed by atoms with Crippen LogP contribution in [0.2, 0.25) is 0 Å². The lowest BCUT2D eigenvalue weighted by atomic mass is 10.4. The van der Waals surface area contributed by atoms with Gasteiger partial charge in [-0.3, -0.25) is 4.68 Å². The highest BCUT2D eigenvalue weighted by Crippen LogP contribution is 2.26. The summed E-state index contributed by atoms with van der Waals surface area (Å²) in [7, 11) is 1.74. The van der Waals surface area contributed by atoms with Gasteiger partial charge in [0.05, 0.1) is 6.61 Å². The van der Waals surface area contributed by atoms with Gasteiger partial charge in [-0.2, -0.15) is 10.1 Å². The number of oxazole rings is 1. The number of aromatic nitrogens is 3. The molecule has 2 heterocycles. The van der Waals surface area contributed by atoms with Crippen LogP contribution < -0.4 is 4.74 Å². The van der Waals surface area contributed by atoms with Crippen LogP contribution in [0.15, 0.2) is 16.7 Å². The van der Waals surface area contributed by atoms with Crippen molar-refractivity contribution >= 4 is 5.97 Å². The third kappa shape index (κ3) is 2.12. The first-order valence-corrected chi connectivity index (χ1v) is 4.98. The van der Waals surface area contributed by atoms with Gasteiger partial charge < -0.3 is 14.3 Å². The van der Waals surface area contributed by atoms with E-state index in [1.54, 1.807) is 30.9 Å².